The average molecular weight is 181 g/mol. The van der Waals surface area contributed by atoms with E-state index >= 15 is 0 Å². The van der Waals surface area contributed by atoms with Gasteiger partial charge >= 0.3 is 6.18 Å². The molecule has 1 aliphatic rings. The van der Waals surface area contributed by atoms with Crippen molar-refractivity contribution < 1.29 is 13.2 Å². The maximum absolute atomic E-state index is 12.2. The molecule has 1 atom stereocenters. The van der Waals surface area contributed by atoms with Crippen LogP contribution in [0.25, 0.3) is 0 Å². The lowest BCUT2D eigenvalue weighted by molar-refractivity contribution is -0.158. The summed E-state index contributed by atoms with van der Waals surface area (Å²) in [6, 6.07) is -1.27. The van der Waals surface area contributed by atoms with E-state index in [9.17, 15) is 13.2 Å². The van der Waals surface area contributed by atoms with Gasteiger partial charge in [0.25, 0.3) is 0 Å². The fourth-order valence-electron chi connectivity index (χ4n) is 1.48. The van der Waals surface area contributed by atoms with E-state index in [2.05, 4.69) is 5.32 Å². The van der Waals surface area contributed by atoms with Crippen LogP contribution in [0.3, 0.4) is 0 Å². The Bertz CT molecular complexity index is 125. The van der Waals surface area contributed by atoms with Crippen molar-refractivity contribution in [2.24, 2.45) is 0 Å². The van der Waals surface area contributed by atoms with Gasteiger partial charge in [-0.15, -0.1) is 0 Å². The Labute approximate surface area is 70.3 Å². The molecular weight excluding hydrogens is 167 g/mol. The summed E-state index contributed by atoms with van der Waals surface area (Å²) >= 11 is 0. The minimum Gasteiger partial charge on any atom is -0.306 e. The number of halogens is 3. The molecule has 0 spiro atoms. The average Bonchev–Trinajstić information content (AvgIpc) is 1.81. The minimum absolute atomic E-state index is 0.240. The Hall–Kier alpha value is -0.250. The highest BCUT2D eigenvalue weighted by molar-refractivity contribution is 4.76. The van der Waals surface area contributed by atoms with E-state index in [4.69, 9.17) is 0 Å². The predicted molar refractivity (Wildman–Crippen MR) is 40.9 cm³/mol. The van der Waals surface area contributed by atoms with E-state index in [0.29, 0.717) is 13.0 Å². The van der Waals surface area contributed by atoms with Gasteiger partial charge in [0.2, 0.25) is 0 Å². The molecule has 4 heteroatoms. The first-order valence-corrected chi connectivity index (χ1v) is 4.41. The molecule has 1 N–H and O–H groups in total. The van der Waals surface area contributed by atoms with Crippen LogP contribution in [0.1, 0.15) is 32.1 Å². The zero-order valence-electron chi connectivity index (χ0n) is 6.95. The molecule has 1 unspecified atom stereocenters. The molecule has 1 heterocycles. The van der Waals surface area contributed by atoms with E-state index in [1.807, 2.05) is 0 Å². The van der Waals surface area contributed by atoms with Crippen LogP contribution in [0.2, 0.25) is 0 Å². The summed E-state index contributed by atoms with van der Waals surface area (Å²) in [5, 5.41) is 2.54. The first kappa shape index (κ1) is 9.84. The Balaban J connectivity index is 2.40. The van der Waals surface area contributed by atoms with Gasteiger partial charge in [-0.3, -0.25) is 0 Å². The van der Waals surface area contributed by atoms with Gasteiger partial charge in [-0.2, -0.15) is 13.2 Å². The predicted octanol–water partition coefficient (Wildman–Crippen LogP) is 2.47. The smallest absolute Gasteiger partial charge is 0.306 e. The van der Waals surface area contributed by atoms with Gasteiger partial charge in [0, 0.05) is 0 Å². The monoisotopic (exact) mass is 181 g/mol. The second-order valence-electron chi connectivity index (χ2n) is 3.25. The molecule has 0 aliphatic carbocycles. The molecule has 1 fully saturated rings. The highest BCUT2D eigenvalue weighted by Gasteiger charge is 2.38. The molecule has 1 aliphatic heterocycles. The first-order chi connectivity index (χ1) is 5.61. The third kappa shape index (κ3) is 3.01. The summed E-state index contributed by atoms with van der Waals surface area (Å²) < 4.78 is 36.6. The topological polar surface area (TPSA) is 12.0 Å². The Morgan fingerprint density at radius 2 is 1.67 bits per heavy atom. The van der Waals surface area contributed by atoms with E-state index in [-0.39, 0.29) is 6.42 Å². The number of alkyl halides is 3. The molecule has 0 aromatic heterocycles. The lowest BCUT2D eigenvalue weighted by atomic mass is 10.0. The highest BCUT2D eigenvalue weighted by atomic mass is 19.4. The molecule has 0 aromatic carbocycles. The maximum Gasteiger partial charge on any atom is 0.403 e. The van der Waals surface area contributed by atoms with Gasteiger partial charge in [0.05, 0.1) is 0 Å². The van der Waals surface area contributed by atoms with Crippen molar-refractivity contribution >= 4 is 0 Å². The van der Waals surface area contributed by atoms with Crippen LogP contribution in [0.4, 0.5) is 13.2 Å². The summed E-state index contributed by atoms with van der Waals surface area (Å²) in [5.74, 6) is 0. The van der Waals surface area contributed by atoms with Crippen LogP contribution in [0, 0.1) is 0 Å². The fraction of sp³-hybridized carbons (Fsp3) is 1.00. The molecule has 0 aromatic rings. The van der Waals surface area contributed by atoms with Gasteiger partial charge in [-0.05, 0) is 19.4 Å². The zero-order valence-corrected chi connectivity index (χ0v) is 6.95. The molecule has 72 valence electrons. The van der Waals surface area contributed by atoms with Crippen molar-refractivity contribution in [2.45, 2.75) is 44.3 Å². The Morgan fingerprint density at radius 1 is 1.00 bits per heavy atom. The van der Waals surface area contributed by atoms with Gasteiger partial charge in [0.15, 0.2) is 0 Å². The fourth-order valence-corrected chi connectivity index (χ4v) is 1.48. The third-order valence-corrected chi connectivity index (χ3v) is 2.21. The summed E-state index contributed by atoms with van der Waals surface area (Å²) in [6.07, 6.45) is -0.267. The number of rotatable bonds is 0. The van der Waals surface area contributed by atoms with Gasteiger partial charge < -0.3 is 5.32 Å². The summed E-state index contributed by atoms with van der Waals surface area (Å²) in [6.45, 7) is 0.504. The molecular formula is C8H14F3N. The summed E-state index contributed by atoms with van der Waals surface area (Å²) in [7, 11) is 0. The number of nitrogens with one attached hydrogen (secondary N) is 1. The first-order valence-electron chi connectivity index (χ1n) is 4.41. The van der Waals surface area contributed by atoms with Crippen molar-refractivity contribution in [1.82, 2.24) is 5.32 Å². The van der Waals surface area contributed by atoms with Crippen molar-refractivity contribution in [3.8, 4) is 0 Å². The highest BCUT2D eigenvalue weighted by Crippen LogP contribution is 2.25. The number of hydrogen-bond acceptors (Lipinski definition) is 1. The van der Waals surface area contributed by atoms with Crippen molar-refractivity contribution in [1.29, 1.82) is 0 Å². The molecule has 1 rings (SSSR count). The van der Waals surface area contributed by atoms with Gasteiger partial charge in [-0.1, -0.05) is 19.3 Å². The minimum atomic E-state index is -4.06. The van der Waals surface area contributed by atoms with Gasteiger partial charge in [-0.25, -0.2) is 0 Å². The van der Waals surface area contributed by atoms with E-state index < -0.39 is 12.2 Å². The van der Waals surface area contributed by atoms with E-state index in [1.165, 1.54) is 0 Å². The summed E-state index contributed by atoms with van der Waals surface area (Å²) in [5.41, 5.74) is 0. The molecule has 0 radical (unpaired) electrons. The quantitative estimate of drug-likeness (QED) is 0.605. The summed E-state index contributed by atoms with van der Waals surface area (Å²) in [4.78, 5) is 0. The largest absolute Gasteiger partial charge is 0.403 e. The van der Waals surface area contributed by atoms with Crippen LogP contribution in [-0.4, -0.2) is 18.8 Å². The van der Waals surface area contributed by atoms with Crippen LogP contribution in [-0.2, 0) is 0 Å². The third-order valence-electron chi connectivity index (χ3n) is 2.21. The van der Waals surface area contributed by atoms with E-state index in [0.717, 1.165) is 19.3 Å². The Kier molecular flexibility index (Phi) is 3.38. The second kappa shape index (κ2) is 4.12. The number of hydrogen-bond donors (Lipinski definition) is 1. The normalized spacial score (nSPS) is 27.8. The maximum atomic E-state index is 12.2. The Morgan fingerprint density at radius 3 is 2.33 bits per heavy atom. The lowest BCUT2D eigenvalue weighted by Gasteiger charge is -2.23. The molecule has 0 amide bonds. The molecule has 12 heavy (non-hydrogen) atoms. The van der Waals surface area contributed by atoms with E-state index in [1.54, 1.807) is 0 Å². The molecule has 0 saturated carbocycles. The van der Waals surface area contributed by atoms with Crippen LogP contribution in [0.5, 0.6) is 0 Å². The standard InChI is InChI=1S/C8H14F3N/c9-8(10,11)7-5-3-1-2-4-6-12-7/h7,12H,1-6H2. The van der Waals surface area contributed by atoms with Gasteiger partial charge in [0.1, 0.15) is 6.04 Å². The zero-order chi connectivity index (χ0) is 9.03. The molecule has 0 bridgehead atoms. The van der Waals surface area contributed by atoms with Crippen LogP contribution < -0.4 is 5.32 Å². The molecule has 1 nitrogen and oxygen atoms in total. The molecule has 1 saturated heterocycles. The van der Waals surface area contributed by atoms with Crippen molar-refractivity contribution in [3.05, 3.63) is 0 Å². The van der Waals surface area contributed by atoms with Crippen LogP contribution >= 0.6 is 0 Å². The second-order valence-corrected chi connectivity index (χ2v) is 3.25. The SMILES string of the molecule is FC(F)(F)C1CCCCCCN1. The lowest BCUT2D eigenvalue weighted by Crippen LogP contribution is -2.43. The van der Waals surface area contributed by atoms with Crippen molar-refractivity contribution in [3.63, 3.8) is 0 Å². The van der Waals surface area contributed by atoms with Crippen LogP contribution in [0.15, 0.2) is 0 Å². The van der Waals surface area contributed by atoms with Crippen molar-refractivity contribution in [2.75, 3.05) is 6.54 Å².